The fourth-order valence-electron chi connectivity index (χ4n) is 3.69. The molecule has 2 atom stereocenters. The molecule has 146 valence electrons. The maximum Gasteiger partial charge on any atom is 0.311 e. The number of nitrogens with one attached hydrogen (secondary N) is 1. The number of carbonyl (C=O) groups excluding carboxylic acids is 1. The fourth-order valence-corrected chi connectivity index (χ4v) is 4.73. The molecule has 0 bridgehead atoms. The molecule has 0 saturated carbocycles. The summed E-state index contributed by atoms with van der Waals surface area (Å²) in [5.41, 5.74) is -0.792. The third kappa shape index (κ3) is 3.62. The van der Waals surface area contributed by atoms with Crippen molar-refractivity contribution in [2.45, 2.75) is 11.3 Å². The van der Waals surface area contributed by atoms with E-state index in [2.05, 4.69) is 11.3 Å². The Balaban J connectivity index is 1.84. The van der Waals surface area contributed by atoms with E-state index in [0.29, 0.717) is 19.6 Å². The molecule has 27 heavy (non-hydrogen) atoms. The lowest BCUT2D eigenvalue weighted by atomic mass is 9.74. The Labute approximate surface area is 157 Å². The maximum atomic E-state index is 12.9. The van der Waals surface area contributed by atoms with Gasteiger partial charge in [0.1, 0.15) is 0 Å². The van der Waals surface area contributed by atoms with E-state index in [1.54, 1.807) is 0 Å². The van der Waals surface area contributed by atoms with Gasteiger partial charge in [0.05, 0.1) is 16.9 Å². The minimum atomic E-state index is -3.75. The lowest BCUT2D eigenvalue weighted by Crippen LogP contribution is -2.45. The average Bonchev–Trinajstić information content (AvgIpc) is 3.07. The summed E-state index contributed by atoms with van der Waals surface area (Å²) in [5.74, 6) is -1.57. The summed E-state index contributed by atoms with van der Waals surface area (Å²) < 4.78 is 32.3. The summed E-state index contributed by atoms with van der Waals surface area (Å²) in [7, 11) is -3.75. The van der Waals surface area contributed by atoms with Crippen LogP contribution < -0.4 is 4.72 Å². The van der Waals surface area contributed by atoms with Crippen LogP contribution in [0, 0.1) is 11.3 Å². The number of hydrogen-bond donors (Lipinski definition) is 2. The van der Waals surface area contributed by atoms with E-state index in [-0.39, 0.29) is 41.9 Å². The van der Waals surface area contributed by atoms with Gasteiger partial charge in [0, 0.05) is 37.7 Å². The molecule has 0 radical (unpaired) electrons. The molecule has 0 aromatic heterocycles. The number of carboxylic acid groups (broad SMARTS) is 1. The van der Waals surface area contributed by atoms with Crippen molar-refractivity contribution in [1.82, 2.24) is 9.62 Å². The fraction of sp³-hybridized carbons (Fsp3) is 0.444. The molecule has 2 saturated heterocycles. The van der Waals surface area contributed by atoms with Gasteiger partial charge in [0.2, 0.25) is 10.0 Å². The van der Waals surface area contributed by atoms with Crippen LogP contribution in [0.5, 0.6) is 0 Å². The van der Waals surface area contributed by atoms with Crippen LogP contribution in [-0.4, -0.2) is 63.1 Å². The average molecular weight is 394 g/mol. The minimum Gasteiger partial charge on any atom is -0.481 e. The first kappa shape index (κ1) is 19.5. The monoisotopic (exact) mass is 394 g/mol. The van der Waals surface area contributed by atoms with E-state index >= 15 is 0 Å². The molecule has 0 aliphatic carbocycles. The molecule has 2 fully saturated rings. The van der Waals surface area contributed by atoms with Crippen LogP contribution in [0.25, 0.3) is 0 Å². The first-order chi connectivity index (χ1) is 12.8. The van der Waals surface area contributed by atoms with Crippen molar-refractivity contribution in [2.75, 3.05) is 32.8 Å². The molecular weight excluding hydrogens is 372 g/mol. The molecule has 0 spiro atoms. The lowest BCUT2D eigenvalue weighted by Gasteiger charge is -2.33. The zero-order valence-corrected chi connectivity index (χ0v) is 15.6. The molecule has 8 nitrogen and oxygen atoms in total. The third-order valence-corrected chi connectivity index (χ3v) is 6.65. The van der Waals surface area contributed by atoms with Crippen molar-refractivity contribution < 1.29 is 27.9 Å². The van der Waals surface area contributed by atoms with Crippen molar-refractivity contribution >= 4 is 21.9 Å². The van der Waals surface area contributed by atoms with Crippen molar-refractivity contribution in [2.24, 2.45) is 11.3 Å². The van der Waals surface area contributed by atoms with Crippen molar-refractivity contribution in [3.05, 3.63) is 42.5 Å². The van der Waals surface area contributed by atoms with Crippen molar-refractivity contribution in [3.8, 4) is 0 Å². The van der Waals surface area contributed by atoms with Crippen molar-refractivity contribution in [1.29, 1.82) is 0 Å². The molecule has 2 N–H and O–H groups in total. The largest absolute Gasteiger partial charge is 0.481 e. The summed E-state index contributed by atoms with van der Waals surface area (Å²) in [4.78, 5) is 26.2. The molecule has 1 aromatic carbocycles. The number of sulfonamides is 1. The lowest BCUT2D eigenvalue weighted by molar-refractivity contribution is -0.157. The predicted molar refractivity (Wildman–Crippen MR) is 96.7 cm³/mol. The molecule has 9 heteroatoms. The Morgan fingerprint density at radius 1 is 1.44 bits per heavy atom. The van der Waals surface area contributed by atoms with Crippen LogP contribution >= 0.6 is 0 Å². The summed E-state index contributed by atoms with van der Waals surface area (Å²) in [6, 6.07) is 5.73. The number of benzene rings is 1. The number of aliphatic carboxylic acids is 1. The molecule has 0 unspecified atom stereocenters. The van der Waals surface area contributed by atoms with E-state index in [1.807, 2.05) is 0 Å². The van der Waals surface area contributed by atoms with Crippen LogP contribution in [0.1, 0.15) is 16.8 Å². The number of carbonyl (C=O) groups is 2. The zero-order valence-electron chi connectivity index (χ0n) is 14.8. The van der Waals surface area contributed by atoms with Gasteiger partial charge in [-0.15, -0.1) is 6.58 Å². The van der Waals surface area contributed by atoms with Crippen LogP contribution in [0.3, 0.4) is 0 Å². The van der Waals surface area contributed by atoms with Gasteiger partial charge in [0.15, 0.2) is 0 Å². The second kappa shape index (κ2) is 7.41. The first-order valence-electron chi connectivity index (χ1n) is 8.61. The van der Waals surface area contributed by atoms with Crippen LogP contribution in [0.2, 0.25) is 0 Å². The number of likely N-dealkylation sites (tertiary alicyclic amines) is 1. The highest BCUT2D eigenvalue weighted by Gasteiger charge is 2.54. The van der Waals surface area contributed by atoms with Gasteiger partial charge >= 0.3 is 5.97 Å². The van der Waals surface area contributed by atoms with Crippen LogP contribution in [-0.2, 0) is 19.6 Å². The predicted octanol–water partition coefficient (Wildman–Crippen LogP) is 0.714. The summed E-state index contributed by atoms with van der Waals surface area (Å²) in [5, 5.41) is 9.71. The molecule has 2 aliphatic heterocycles. The number of fused-ring (bicyclic) bond motifs is 1. The highest BCUT2D eigenvalue weighted by Crippen LogP contribution is 2.42. The minimum absolute atomic E-state index is 0.0249. The van der Waals surface area contributed by atoms with E-state index in [1.165, 1.54) is 35.2 Å². The quantitative estimate of drug-likeness (QED) is 0.687. The van der Waals surface area contributed by atoms with Gasteiger partial charge in [0.25, 0.3) is 5.91 Å². The second-order valence-corrected chi connectivity index (χ2v) is 8.60. The number of amides is 1. The number of carboxylic acids is 1. The SMILES string of the molecule is C=CCNS(=O)(=O)c1cccc(C(=O)N2C[C@H]3COCC[C@@]3(C(=O)O)C2)c1. The van der Waals surface area contributed by atoms with Crippen molar-refractivity contribution in [3.63, 3.8) is 0 Å². The summed E-state index contributed by atoms with van der Waals surface area (Å²) in [6.45, 7) is 4.57. The van der Waals surface area contributed by atoms with Gasteiger partial charge in [-0.3, -0.25) is 9.59 Å². The zero-order chi connectivity index (χ0) is 19.7. The number of ether oxygens (including phenoxy) is 1. The Morgan fingerprint density at radius 3 is 2.89 bits per heavy atom. The Kier molecular flexibility index (Phi) is 5.36. The number of nitrogens with zero attached hydrogens (tertiary/aromatic N) is 1. The molecule has 2 heterocycles. The summed E-state index contributed by atoms with van der Waals surface area (Å²) in [6.07, 6.45) is 1.78. The molecule has 2 aliphatic rings. The normalized spacial score (nSPS) is 25.0. The summed E-state index contributed by atoms with van der Waals surface area (Å²) >= 11 is 0. The highest BCUT2D eigenvalue weighted by atomic mass is 32.2. The number of rotatable bonds is 6. The first-order valence-corrected chi connectivity index (χ1v) is 10.1. The molecule has 1 aromatic rings. The molecular formula is C18H22N2O6S. The number of hydrogen-bond acceptors (Lipinski definition) is 5. The third-order valence-electron chi connectivity index (χ3n) is 5.23. The van der Waals surface area contributed by atoms with E-state index in [0.717, 1.165) is 0 Å². The van der Waals surface area contributed by atoms with Crippen LogP contribution in [0.15, 0.2) is 41.8 Å². The van der Waals surface area contributed by atoms with E-state index < -0.39 is 21.4 Å². The Hall–Kier alpha value is -2.23. The Bertz CT molecular complexity index is 868. The van der Waals surface area contributed by atoms with E-state index in [4.69, 9.17) is 4.74 Å². The Morgan fingerprint density at radius 2 is 2.22 bits per heavy atom. The van der Waals surface area contributed by atoms with Gasteiger partial charge in [-0.25, -0.2) is 13.1 Å². The van der Waals surface area contributed by atoms with Gasteiger partial charge in [-0.2, -0.15) is 0 Å². The second-order valence-electron chi connectivity index (χ2n) is 6.84. The van der Waals surface area contributed by atoms with Gasteiger partial charge in [-0.1, -0.05) is 12.1 Å². The maximum absolute atomic E-state index is 12.9. The smallest absolute Gasteiger partial charge is 0.311 e. The van der Waals surface area contributed by atoms with E-state index in [9.17, 15) is 23.1 Å². The molecule has 1 amide bonds. The van der Waals surface area contributed by atoms with Gasteiger partial charge < -0.3 is 14.7 Å². The standard InChI is InChI=1S/C18H22N2O6S/c1-2-7-19-27(24,25)15-5-3-4-13(9-15)16(21)20-10-14-11-26-8-6-18(14,12-20)17(22)23/h2-5,9,14,19H,1,6-8,10-12H2,(H,22,23)/t14-,18+/m0/s1. The topological polar surface area (TPSA) is 113 Å². The van der Waals surface area contributed by atoms with Gasteiger partial charge in [-0.05, 0) is 24.6 Å². The van der Waals surface area contributed by atoms with Crippen LogP contribution in [0.4, 0.5) is 0 Å². The molecule has 3 rings (SSSR count). The highest BCUT2D eigenvalue weighted by molar-refractivity contribution is 7.89.